The Morgan fingerprint density at radius 2 is 2.00 bits per heavy atom. The Kier molecular flexibility index (Phi) is 5.21. The average Bonchev–Trinajstić information content (AvgIpc) is 2.55. The van der Waals surface area contributed by atoms with E-state index in [0.29, 0.717) is 0 Å². The second-order valence-corrected chi connectivity index (χ2v) is 2.51. The van der Waals surface area contributed by atoms with Gasteiger partial charge in [-0.05, 0) is 18.6 Å². The summed E-state index contributed by atoms with van der Waals surface area (Å²) in [5.41, 5.74) is 2.63. The zero-order valence-electron chi connectivity index (χ0n) is 7.79. The van der Waals surface area contributed by atoms with Crippen molar-refractivity contribution in [3.63, 3.8) is 0 Å². The number of nitrogens with zero attached hydrogens (tertiary/aromatic N) is 2. The van der Waals surface area contributed by atoms with Crippen molar-refractivity contribution in [3.8, 4) is 0 Å². The van der Waals surface area contributed by atoms with E-state index < -0.39 is 0 Å². The molecule has 0 aliphatic rings. The third-order valence-electron chi connectivity index (χ3n) is 1.11. The van der Waals surface area contributed by atoms with E-state index in [1.165, 1.54) is 11.7 Å². The van der Waals surface area contributed by atoms with Crippen molar-refractivity contribution in [1.82, 2.24) is 8.75 Å². The van der Waals surface area contributed by atoms with E-state index in [2.05, 4.69) is 21.9 Å². The number of allylic oxidation sites excluding steroid dienone is 1. The maximum absolute atomic E-state index is 4.05. The van der Waals surface area contributed by atoms with E-state index in [9.17, 15) is 0 Å². The van der Waals surface area contributed by atoms with Crippen molar-refractivity contribution in [3.05, 3.63) is 24.5 Å². The summed E-state index contributed by atoms with van der Waals surface area (Å²) in [6, 6.07) is 0. The van der Waals surface area contributed by atoms with Crippen LogP contribution in [0.1, 0.15) is 32.2 Å². The first kappa shape index (κ1) is 11.0. The lowest BCUT2D eigenvalue weighted by Gasteiger charge is -1.90. The van der Waals surface area contributed by atoms with Gasteiger partial charge in [0.2, 0.25) is 0 Å². The molecule has 66 valence electrons. The van der Waals surface area contributed by atoms with Crippen molar-refractivity contribution in [2.24, 2.45) is 0 Å². The highest BCUT2D eigenvalue weighted by molar-refractivity contribution is 6.99. The fraction of sp³-hybridized carbons (Fsp3) is 0.333. The van der Waals surface area contributed by atoms with Crippen LogP contribution < -0.4 is 0 Å². The highest BCUT2D eigenvalue weighted by atomic mass is 32.1. The van der Waals surface area contributed by atoms with Crippen LogP contribution in [0.25, 0.3) is 11.6 Å². The smallest absolute Gasteiger partial charge is 0.107 e. The molecule has 0 aliphatic heterocycles. The van der Waals surface area contributed by atoms with Gasteiger partial charge in [0.05, 0.1) is 11.7 Å². The third-order valence-corrected chi connectivity index (χ3v) is 1.65. The minimum atomic E-state index is 0.831. The van der Waals surface area contributed by atoms with Gasteiger partial charge in [-0.2, -0.15) is 8.75 Å². The van der Waals surface area contributed by atoms with E-state index in [1.807, 2.05) is 20.8 Å². The van der Waals surface area contributed by atoms with E-state index >= 15 is 0 Å². The lowest BCUT2D eigenvalue weighted by atomic mass is 10.2. The Hall–Kier alpha value is -0.960. The first-order valence-corrected chi connectivity index (χ1v) is 4.59. The second kappa shape index (κ2) is 5.66. The molecule has 0 saturated carbocycles. The van der Waals surface area contributed by atoms with Crippen molar-refractivity contribution in [1.29, 1.82) is 0 Å². The van der Waals surface area contributed by atoms with Crippen LogP contribution in [0.15, 0.2) is 13.2 Å². The van der Waals surface area contributed by atoms with Gasteiger partial charge in [0, 0.05) is 0 Å². The molecule has 0 atom stereocenters. The number of hydrogen-bond acceptors (Lipinski definition) is 3. The maximum Gasteiger partial charge on any atom is 0.107 e. The number of hydrogen-bond donors (Lipinski definition) is 0. The molecule has 0 spiro atoms. The van der Waals surface area contributed by atoms with E-state index in [0.717, 1.165) is 17.0 Å². The first-order valence-electron chi connectivity index (χ1n) is 3.86. The Balaban J connectivity index is 0.000000561. The molecule has 12 heavy (non-hydrogen) atoms. The molecule has 0 fully saturated rings. The predicted octanol–water partition coefficient (Wildman–Crippen LogP) is 3.24. The Bertz CT molecular complexity index is 263. The Morgan fingerprint density at radius 1 is 1.42 bits per heavy atom. The molecule has 0 unspecified atom stereocenters. The van der Waals surface area contributed by atoms with Crippen molar-refractivity contribution in [2.45, 2.75) is 20.8 Å². The van der Waals surface area contributed by atoms with Crippen LogP contribution in [0.4, 0.5) is 0 Å². The molecule has 1 heterocycles. The van der Waals surface area contributed by atoms with Gasteiger partial charge < -0.3 is 0 Å². The van der Waals surface area contributed by atoms with Gasteiger partial charge in [-0.15, -0.1) is 0 Å². The second-order valence-electron chi connectivity index (χ2n) is 1.98. The first-order chi connectivity index (χ1) is 5.75. The standard InChI is InChI=1S/C7H8N2S.C2H6/c1-4-6-7(5(2)3)9-10-8-6;1-2/h4H,1-2H2,3H3;1-2H3. The van der Waals surface area contributed by atoms with Gasteiger partial charge in [0.1, 0.15) is 11.4 Å². The third kappa shape index (κ3) is 2.58. The summed E-state index contributed by atoms with van der Waals surface area (Å²) in [4.78, 5) is 0. The minimum absolute atomic E-state index is 0.831. The molecule has 2 nitrogen and oxygen atoms in total. The normalized spacial score (nSPS) is 8.25. The molecule has 0 bridgehead atoms. The van der Waals surface area contributed by atoms with Gasteiger partial charge in [-0.1, -0.05) is 27.0 Å². The molecule has 0 N–H and O–H groups in total. The van der Waals surface area contributed by atoms with Crippen LogP contribution in [0, 0.1) is 0 Å². The summed E-state index contributed by atoms with van der Waals surface area (Å²) in [7, 11) is 0. The topological polar surface area (TPSA) is 25.8 Å². The fourth-order valence-corrected chi connectivity index (χ4v) is 1.25. The maximum atomic E-state index is 4.05. The molecular weight excluding hydrogens is 168 g/mol. The van der Waals surface area contributed by atoms with Crippen LogP contribution in [0.3, 0.4) is 0 Å². The van der Waals surface area contributed by atoms with E-state index in [-0.39, 0.29) is 0 Å². The summed E-state index contributed by atoms with van der Waals surface area (Å²) >= 11 is 1.19. The SMILES string of the molecule is C=Cc1nsnc1C(=C)C.CC. The fourth-order valence-electron chi connectivity index (χ4n) is 0.626. The van der Waals surface area contributed by atoms with Gasteiger partial charge in [0.15, 0.2) is 0 Å². The number of aromatic nitrogens is 2. The van der Waals surface area contributed by atoms with Crippen LogP contribution in [0.2, 0.25) is 0 Å². The molecule has 0 amide bonds. The lowest BCUT2D eigenvalue weighted by molar-refractivity contribution is 1.39. The van der Waals surface area contributed by atoms with Crippen LogP contribution >= 0.6 is 11.7 Å². The van der Waals surface area contributed by atoms with Crippen molar-refractivity contribution >= 4 is 23.4 Å². The largest absolute Gasteiger partial charge is 0.173 e. The van der Waals surface area contributed by atoms with Crippen LogP contribution in [-0.4, -0.2) is 8.75 Å². The number of rotatable bonds is 2. The summed E-state index contributed by atoms with van der Waals surface area (Å²) in [6.07, 6.45) is 1.69. The zero-order chi connectivity index (χ0) is 9.56. The van der Waals surface area contributed by atoms with Gasteiger partial charge in [-0.3, -0.25) is 0 Å². The molecule has 1 rings (SSSR count). The summed E-state index contributed by atoms with van der Waals surface area (Å²) < 4.78 is 8.05. The Morgan fingerprint density at radius 3 is 2.33 bits per heavy atom. The van der Waals surface area contributed by atoms with Gasteiger partial charge in [-0.25, -0.2) is 0 Å². The van der Waals surface area contributed by atoms with Crippen molar-refractivity contribution in [2.75, 3.05) is 0 Å². The van der Waals surface area contributed by atoms with Gasteiger partial charge >= 0.3 is 0 Å². The summed E-state index contributed by atoms with van der Waals surface area (Å²) in [5, 5.41) is 0. The van der Waals surface area contributed by atoms with Crippen LogP contribution in [0.5, 0.6) is 0 Å². The lowest BCUT2D eigenvalue weighted by Crippen LogP contribution is -1.80. The quantitative estimate of drug-likeness (QED) is 0.701. The van der Waals surface area contributed by atoms with Crippen LogP contribution in [-0.2, 0) is 0 Å². The average molecular weight is 182 g/mol. The monoisotopic (exact) mass is 182 g/mol. The minimum Gasteiger partial charge on any atom is -0.173 e. The molecule has 0 saturated heterocycles. The van der Waals surface area contributed by atoms with Gasteiger partial charge in [0.25, 0.3) is 0 Å². The summed E-state index contributed by atoms with van der Waals surface area (Å²) in [5.74, 6) is 0. The molecule has 0 aromatic carbocycles. The summed E-state index contributed by atoms with van der Waals surface area (Å²) in [6.45, 7) is 13.3. The molecule has 3 heteroatoms. The highest BCUT2D eigenvalue weighted by Crippen LogP contribution is 2.14. The molecule has 1 aromatic heterocycles. The van der Waals surface area contributed by atoms with Crippen molar-refractivity contribution < 1.29 is 0 Å². The Labute approximate surface area is 78.0 Å². The molecule has 0 aliphatic carbocycles. The van der Waals surface area contributed by atoms with E-state index in [4.69, 9.17) is 0 Å². The molecular formula is C9H14N2S. The highest BCUT2D eigenvalue weighted by Gasteiger charge is 2.03. The predicted molar refractivity (Wildman–Crippen MR) is 56.1 cm³/mol. The molecule has 0 radical (unpaired) electrons. The molecule has 1 aromatic rings. The van der Waals surface area contributed by atoms with E-state index in [1.54, 1.807) is 6.08 Å². The zero-order valence-corrected chi connectivity index (χ0v) is 8.61.